The topological polar surface area (TPSA) is 89.5 Å². The summed E-state index contributed by atoms with van der Waals surface area (Å²) in [6.45, 7) is 0. The van der Waals surface area contributed by atoms with E-state index in [0.29, 0.717) is 12.1 Å². The van der Waals surface area contributed by atoms with E-state index in [9.17, 15) is 19.8 Å². The van der Waals surface area contributed by atoms with Crippen LogP contribution in [0.5, 0.6) is 5.75 Å². The molecule has 2 N–H and O–H groups in total. The summed E-state index contributed by atoms with van der Waals surface area (Å²) in [4.78, 5) is 23.6. The van der Waals surface area contributed by atoms with Crippen molar-refractivity contribution < 1.29 is 19.8 Å². The molecule has 1 fully saturated rings. The number of aromatic hydroxyl groups is 1. The number of phenols is 1. The minimum atomic E-state index is -1.16. The zero-order valence-electron chi connectivity index (χ0n) is 10.7. The molecule has 3 rings (SSSR count). The van der Waals surface area contributed by atoms with Crippen LogP contribution >= 0.6 is 0 Å². The maximum Gasteiger partial charge on any atom is 0.228 e. The highest BCUT2D eigenvalue weighted by Crippen LogP contribution is 2.48. The number of benzene rings is 1. The summed E-state index contributed by atoms with van der Waals surface area (Å²) in [5.74, 6) is -2.81. The number of anilines is 1. The number of carbonyl (C=O) groups excluding carboxylic acids is 2. The second-order valence-electron chi connectivity index (χ2n) is 5.36. The number of carbonyl (C=O) groups is 2. The molecular formula is C15H14NO4-. The van der Waals surface area contributed by atoms with Gasteiger partial charge in [-0.15, -0.1) is 0 Å². The van der Waals surface area contributed by atoms with Crippen molar-refractivity contribution >= 4 is 17.6 Å². The van der Waals surface area contributed by atoms with Gasteiger partial charge in [-0.2, -0.15) is 0 Å². The summed E-state index contributed by atoms with van der Waals surface area (Å²) in [5.41, 5.74) is 0.539. The van der Waals surface area contributed by atoms with Gasteiger partial charge in [-0.3, -0.25) is 4.79 Å². The van der Waals surface area contributed by atoms with E-state index in [1.807, 2.05) is 12.2 Å². The number of nitrogens with one attached hydrogen (secondary N) is 1. The molecule has 0 unspecified atom stereocenters. The van der Waals surface area contributed by atoms with Gasteiger partial charge >= 0.3 is 0 Å². The quantitative estimate of drug-likeness (QED) is 0.620. The lowest BCUT2D eigenvalue weighted by molar-refractivity contribution is -0.313. The number of amides is 1. The summed E-state index contributed by atoms with van der Waals surface area (Å²) in [6.07, 6.45) is 4.49. The maximum absolute atomic E-state index is 12.3. The first-order chi connectivity index (χ1) is 9.56. The molecule has 0 heterocycles. The van der Waals surface area contributed by atoms with Crippen LogP contribution in [0.2, 0.25) is 0 Å². The molecule has 1 amide bonds. The lowest BCUT2D eigenvalue weighted by Crippen LogP contribution is -2.42. The molecule has 1 aromatic carbocycles. The standard InChI is InChI=1S/C15H15NO4/c17-11-5-3-10(4-6-11)16-14(18)12-8-1-2-9(7-8)13(12)15(19)20/h1-6,8-9,12-13,17H,7H2,(H,16,18)(H,19,20)/p-1/t8-,9+,12+,13+/m0/s1. The maximum atomic E-state index is 12.3. The fourth-order valence-electron chi connectivity index (χ4n) is 3.27. The number of carboxylic acid groups (broad SMARTS) is 1. The Kier molecular flexibility index (Phi) is 2.97. The first kappa shape index (κ1) is 12.7. The number of allylic oxidation sites excluding steroid dienone is 2. The lowest BCUT2D eigenvalue weighted by Gasteiger charge is -2.27. The van der Waals surface area contributed by atoms with Crippen LogP contribution in [-0.4, -0.2) is 17.0 Å². The Morgan fingerprint density at radius 2 is 1.70 bits per heavy atom. The summed E-state index contributed by atoms with van der Waals surface area (Å²) in [5, 5.41) is 23.1. The molecule has 0 aliphatic heterocycles. The predicted molar refractivity (Wildman–Crippen MR) is 69.5 cm³/mol. The van der Waals surface area contributed by atoms with E-state index in [-0.39, 0.29) is 23.5 Å². The summed E-state index contributed by atoms with van der Waals surface area (Å²) < 4.78 is 0. The number of hydrogen-bond acceptors (Lipinski definition) is 4. The summed E-state index contributed by atoms with van der Waals surface area (Å²) in [7, 11) is 0. The van der Waals surface area contributed by atoms with Gasteiger partial charge in [-0.05, 0) is 42.5 Å². The van der Waals surface area contributed by atoms with Crippen molar-refractivity contribution in [3.05, 3.63) is 36.4 Å². The van der Waals surface area contributed by atoms with Crippen molar-refractivity contribution in [2.45, 2.75) is 6.42 Å². The van der Waals surface area contributed by atoms with Crippen molar-refractivity contribution in [3.8, 4) is 5.75 Å². The van der Waals surface area contributed by atoms with Crippen molar-refractivity contribution in [3.63, 3.8) is 0 Å². The Morgan fingerprint density at radius 1 is 1.10 bits per heavy atom. The molecule has 2 bridgehead atoms. The highest BCUT2D eigenvalue weighted by molar-refractivity contribution is 5.96. The Hall–Kier alpha value is -2.30. The van der Waals surface area contributed by atoms with Gasteiger partial charge in [0, 0.05) is 17.6 Å². The van der Waals surface area contributed by atoms with Gasteiger partial charge in [0.15, 0.2) is 0 Å². The van der Waals surface area contributed by atoms with Gasteiger partial charge in [-0.25, -0.2) is 0 Å². The Morgan fingerprint density at radius 3 is 2.30 bits per heavy atom. The average Bonchev–Trinajstić information content (AvgIpc) is 3.01. The number of hydrogen-bond donors (Lipinski definition) is 2. The SMILES string of the molecule is O=C([O-])[C@H]1[C@H](C(=O)Nc2ccc(O)cc2)[C@H]2C=C[C@@H]1C2. The first-order valence-corrected chi connectivity index (χ1v) is 6.55. The summed E-state index contributed by atoms with van der Waals surface area (Å²) in [6, 6.07) is 6.08. The van der Waals surface area contributed by atoms with E-state index in [0.717, 1.165) is 0 Å². The van der Waals surface area contributed by atoms with Gasteiger partial charge in [0.05, 0.1) is 5.92 Å². The fraction of sp³-hybridized carbons (Fsp3) is 0.333. The molecule has 0 saturated heterocycles. The smallest absolute Gasteiger partial charge is 0.228 e. The third-order valence-electron chi connectivity index (χ3n) is 4.17. The Labute approximate surface area is 115 Å². The third-order valence-corrected chi connectivity index (χ3v) is 4.17. The highest BCUT2D eigenvalue weighted by Gasteiger charge is 2.48. The molecule has 5 nitrogen and oxygen atoms in total. The number of phenolic OH excluding ortho intramolecular Hbond substituents is 1. The minimum Gasteiger partial charge on any atom is -0.550 e. The molecule has 4 atom stereocenters. The fourth-order valence-corrected chi connectivity index (χ4v) is 3.27. The van der Waals surface area contributed by atoms with Crippen LogP contribution < -0.4 is 10.4 Å². The van der Waals surface area contributed by atoms with E-state index in [2.05, 4.69) is 5.32 Å². The second-order valence-corrected chi connectivity index (χ2v) is 5.36. The predicted octanol–water partition coefficient (Wildman–Crippen LogP) is 0.519. The second kappa shape index (κ2) is 4.67. The average molecular weight is 272 g/mol. The van der Waals surface area contributed by atoms with E-state index in [1.165, 1.54) is 12.1 Å². The van der Waals surface area contributed by atoms with Crippen LogP contribution in [-0.2, 0) is 9.59 Å². The van der Waals surface area contributed by atoms with Gasteiger partial charge in [0.1, 0.15) is 5.75 Å². The van der Waals surface area contributed by atoms with Crippen molar-refractivity contribution in [2.75, 3.05) is 5.32 Å². The normalized spacial score (nSPS) is 30.4. The third kappa shape index (κ3) is 2.05. The monoisotopic (exact) mass is 272 g/mol. The molecule has 104 valence electrons. The Bertz CT molecular complexity index is 578. The largest absolute Gasteiger partial charge is 0.550 e. The number of aliphatic carboxylic acids is 1. The minimum absolute atomic E-state index is 0.0278. The molecule has 0 spiro atoms. The molecule has 2 aliphatic carbocycles. The van der Waals surface area contributed by atoms with Gasteiger partial charge in [-0.1, -0.05) is 12.2 Å². The van der Waals surface area contributed by atoms with E-state index >= 15 is 0 Å². The van der Waals surface area contributed by atoms with Crippen LogP contribution in [0.15, 0.2) is 36.4 Å². The van der Waals surface area contributed by atoms with E-state index in [4.69, 9.17) is 0 Å². The molecule has 2 aliphatic rings. The van der Waals surface area contributed by atoms with Gasteiger partial charge in [0.25, 0.3) is 0 Å². The van der Waals surface area contributed by atoms with E-state index < -0.39 is 17.8 Å². The molecule has 5 heteroatoms. The van der Waals surface area contributed by atoms with Crippen molar-refractivity contribution in [2.24, 2.45) is 23.7 Å². The number of carboxylic acids is 1. The Balaban J connectivity index is 1.78. The van der Waals surface area contributed by atoms with Crippen LogP contribution in [0.3, 0.4) is 0 Å². The zero-order chi connectivity index (χ0) is 14.3. The van der Waals surface area contributed by atoms with Crippen LogP contribution in [0.4, 0.5) is 5.69 Å². The molecule has 1 saturated carbocycles. The zero-order valence-corrected chi connectivity index (χ0v) is 10.7. The van der Waals surface area contributed by atoms with Crippen LogP contribution in [0.25, 0.3) is 0 Å². The van der Waals surface area contributed by atoms with Crippen LogP contribution in [0, 0.1) is 23.7 Å². The lowest BCUT2D eigenvalue weighted by atomic mass is 9.82. The van der Waals surface area contributed by atoms with Gasteiger partial charge < -0.3 is 20.3 Å². The van der Waals surface area contributed by atoms with Gasteiger partial charge in [0.2, 0.25) is 5.91 Å². The molecule has 0 radical (unpaired) electrons. The van der Waals surface area contributed by atoms with Crippen molar-refractivity contribution in [1.82, 2.24) is 0 Å². The molecule has 20 heavy (non-hydrogen) atoms. The van der Waals surface area contributed by atoms with Crippen LogP contribution in [0.1, 0.15) is 6.42 Å². The number of fused-ring (bicyclic) bond motifs is 2. The highest BCUT2D eigenvalue weighted by atomic mass is 16.4. The van der Waals surface area contributed by atoms with Crippen molar-refractivity contribution in [1.29, 1.82) is 0 Å². The first-order valence-electron chi connectivity index (χ1n) is 6.55. The molecule has 0 aromatic heterocycles. The van der Waals surface area contributed by atoms with E-state index in [1.54, 1.807) is 12.1 Å². The summed E-state index contributed by atoms with van der Waals surface area (Å²) >= 11 is 0. The molecular weight excluding hydrogens is 258 g/mol. The number of rotatable bonds is 3. The molecule has 1 aromatic rings.